The Morgan fingerprint density at radius 2 is 2.17 bits per heavy atom. The van der Waals surface area contributed by atoms with Gasteiger partial charge >= 0.3 is 0 Å². The van der Waals surface area contributed by atoms with Gasteiger partial charge in [-0.1, -0.05) is 12.1 Å². The van der Waals surface area contributed by atoms with Crippen molar-refractivity contribution in [1.29, 1.82) is 0 Å². The first-order valence-corrected chi connectivity index (χ1v) is 6.35. The molecule has 0 aromatic heterocycles. The Kier molecular flexibility index (Phi) is 5.58. The van der Waals surface area contributed by atoms with Crippen molar-refractivity contribution in [1.82, 2.24) is 10.6 Å². The standard InChI is InChI=1S/C13H19N3OS/c1-4-14-12(17)10(3)15-13(18)16-11-7-5-6-9(2)8-11/h5-8,10H,4H2,1-3H3,(H,14,17)(H2,15,16,18)/t10-/m1/s1. The third-order valence-electron chi connectivity index (χ3n) is 2.37. The van der Waals surface area contributed by atoms with E-state index in [1.807, 2.05) is 38.1 Å². The highest BCUT2D eigenvalue weighted by atomic mass is 32.1. The Morgan fingerprint density at radius 3 is 2.78 bits per heavy atom. The lowest BCUT2D eigenvalue weighted by Gasteiger charge is -2.16. The summed E-state index contributed by atoms with van der Waals surface area (Å²) in [4.78, 5) is 11.5. The number of aryl methyl sites for hydroxylation is 1. The molecule has 5 heteroatoms. The van der Waals surface area contributed by atoms with Gasteiger partial charge in [0.2, 0.25) is 5.91 Å². The Bertz CT molecular complexity index is 434. The number of carbonyl (C=O) groups is 1. The van der Waals surface area contributed by atoms with Gasteiger partial charge in [0.05, 0.1) is 0 Å². The van der Waals surface area contributed by atoms with Crippen molar-refractivity contribution >= 4 is 28.9 Å². The van der Waals surface area contributed by atoms with Gasteiger partial charge in [-0.25, -0.2) is 0 Å². The third-order valence-corrected chi connectivity index (χ3v) is 2.59. The van der Waals surface area contributed by atoms with Crippen LogP contribution >= 0.6 is 12.2 Å². The van der Waals surface area contributed by atoms with Gasteiger partial charge in [-0.3, -0.25) is 4.79 Å². The highest BCUT2D eigenvalue weighted by molar-refractivity contribution is 7.80. The fraction of sp³-hybridized carbons (Fsp3) is 0.385. The van der Waals surface area contributed by atoms with E-state index in [1.165, 1.54) is 0 Å². The van der Waals surface area contributed by atoms with E-state index in [4.69, 9.17) is 12.2 Å². The summed E-state index contributed by atoms with van der Waals surface area (Å²) in [7, 11) is 0. The normalized spacial score (nSPS) is 11.5. The smallest absolute Gasteiger partial charge is 0.242 e. The predicted octanol–water partition coefficient (Wildman–Crippen LogP) is 1.81. The van der Waals surface area contributed by atoms with Crippen LogP contribution in [0.25, 0.3) is 0 Å². The van der Waals surface area contributed by atoms with Crippen molar-refractivity contribution in [2.45, 2.75) is 26.8 Å². The number of anilines is 1. The minimum atomic E-state index is -0.352. The molecule has 0 heterocycles. The molecule has 0 unspecified atom stereocenters. The minimum absolute atomic E-state index is 0.0640. The molecule has 0 radical (unpaired) electrons. The van der Waals surface area contributed by atoms with Crippen LogP contribution in [0.3, 0.4) is 0 Å². The number of thiocarbonyl (C=S) groups is 1. The molecule has 0 bridgehead atoms. The highest BCUT2D eigenvalue weighted by Gasteiger charge is 2.12. The van der Waals surface area contributed by atoms with Gasteiger partial charge < -0.3 is 16.0 Å². The van der Waals surface area contributed by atoms with E-state index >= 15 is 0 Å². The molecule has 3 N–H and O–H groups in total. The quantitative estimate of drug-likeness (QED) is 0.727. The molecule has 0 saturated carbocycles. The summed E-state index contributed by atoms with van der Waals surface area (Å²) in [5.74, 6) is -0.0640. The zero-order chi connectivity index (χ0) is 13.5. The monoisotopic (exact) mass is 265 g/mol. The number of rotatable bonds is 4. The molecule has 1 rings (SSSR count). The number of likely N-dealkylation sites (N-methyl/N-ethyl adjacent to an activating group) is 1. The van der Waals surface area contributed by atoms with Gasteiger partial charge in [-0.15, -0.1) is 0 Å². The van der Waals surface area contributed by atoms with Gasteiger partial charge in [0.15, 0.2) is 5.11 Å². The lowest BCUT2D eigenvalue weighted by molar-refractivity contribution is -0.122. The number of benzene rings is 1. The third kappa shape index (κ3) is 4.71. The van der Waals surface area contributed by atoms with Gasteiger partial charge in [0.25, 0.3) is 0 Å². The number of amides is 1. The second-order valence-corrected chi connectivity index (χ2v) is 4.49. The fourth-order valence-corrected chi connectivity index (χ4v) is 1.77. The molecule has 1 atom stereocenters. The van der Waals surface area contributed by atoms with E-state index in [9.17, 15) is 4.79 Å². The minimum Gasteiger partial charge on any atom is -0.355 e. The van der Waals surface area contributed by atoms with Crippen molar-refractivity contribution < 1.29 is 4.79 Å². The van der Waals surface area contributed by atoms with Crippen LogP contribution in [0, 0.1) is 6.92 Å². The zero-order valence-corrected chi connectivity index (χ0v) is 11.7. The average molecular weight is 265 g/mol. The fourth-order valence-electron chi connectivity index (χ4n) is 1.48. The van der Waals surface area contributed by atoms with Crippen LogP contribution in [0.1, 0.15) is 19.4 Å². The van der Waals surface area contributed by atoms with E-state index in [0.29, 0.717) is 11.7 Å². The molecule has 0 fully saturated rings. The van der Waals surface area contributed by atoms with E-state index < -0.39 is 0 Å². The van der Waals surface area contributed by atoms with E-state index in [-0.39, 0.29) is 11.9 Å². The van der Waals surface area contributed by atoms with Gasteiger partial charge in [-0.2, -0.15) is 0 Å². The summed E-state index contributed by atoms with van der Waals surface area (Å²) in [6.07, 6.45) is 0. The molecule has 1 aromatic carbocycles. The molecule has 1 aromatic rings. The van der Waals surface area contributed by atoms with Gasteiger partial charge in [-0.05, 0) is 50.7 Å². The Hall–Kier alpha value is -1.62. The highest BCUT2D eigenvalue weighted by Crippen LogP contribution is 2.09. The first kappa shape index (κ1) is 14.4. The molecular formula is C13H19N3OS. The van der Waals surface area contributed by atoms with Crippen LogP contribution in [-0.2, 0) is 4.79 Å². The zero-order valence-electron chi connectivity index (χ0n) is 10.9. The Balaban J connectivity index is 2.49. The summed E-state index contributed by atoms with van der Waals surface area (Å²) in [5, 5.41) is 9.17. The van der Waals surface area contributed by atoms with Crippen LogP contribution in [0.4, 0.5) is 5.69 Å². The number of hydrogen-bond donors (Lipinski definition) is 3. The SMILES string of the molecule is CCNC(=O)[C@@H](C)NC(=S)Nc1cccc(C)c1. The van der Waals surface area contributed by atoms with Crippen LogP contribution < -0.4 is 16.0 Å². The molecule has 1 amide bonds. The Labute approximate surface area is 113 Å². The maximum Gasteiger partial charge on any atom is 0.242 e. The number of nitrogens with one attached hydrogen (secondary N) is 3. The van der Waals surface area contributed by atoms with Crippen LogP contribution in [0.15, 0.2) is 24.3 Å². The van der Waals surface area contributed by atoms with Gasteiger partial charge in [0.1, 0.15) is 6.04 Å². The molecular weight excluding hydrogens is 246 g/mol. The summed E-state index contributed by atoms with van der Waals surface area (Å²) in [6, 6.07) is 7.53. The van der Waals surface area contributed by atoms with Crippen molar-refractivity contribution in [2.24, 2.45) is 0 Å². The molecule has 0 aliphatic heterocycles. The average Bonchev–Trinajstić information content (AvgIpc) is 2.28. The second-order valence-electron chi connectivity index (χ2n) is 4.08. The maximum atomic E-state index is 11.5. The van der Waals surface area contributed by atoms with E-state index in [0.717, 1.165) is 11.3 Å². The van der Waals surface area contributed by atoms with Crippen molar-refractivity contribution in [3.8, 4) is 0 Å². The van der Waals surface area contributed by atoms with Crippen molar-refractivity contribution in [3.63, 3.8) is 0 Å². The second kappa shape index (κ2) is 6.96. The van der Waals surface area contributed by atoms with Crippen molar-refractivity contribution in [2.75, 3.05) is 11.9 Å². The van der Waals surface area contributed by atoms with Crippen LogP contribution in [-0.4, -0.2) is 23.6 Å². The number of hydrogen-bond acceptors (Lipinski definition) is 2. The van der Waals surface area contributed by atoms with E-state index in [1.54, 1.807) is 6.92 Å². The predicted molar refractivity (Wildman–Crippen MR) is 78.7 cm³/mol. The molecule has 98 valence electrons. The maximum absolute atomic E-state index is 11.5. The summed E-state index contributed by atoms with van der Waals surface area (Å²) >= 11 is 5.16. The van der Waals surface area contributed by atoms with Crippen LogP contribution in [0.2, 0.25) is 0 Å². The largest absolute Gasteiger partial charge is 0.355 e. The summed E-state index contributed by atoms with van der Waals surface area (Å²) < 4.78 is 0. The molecule has 18 heavy (non-hydrogen) atoms. The first-order valence-electron chi connectivity index (χ1n) is 5.94. The first-order chi connectivity index (χ1) is 8.52. The van der Waals surface area contributed by atoms with Crippen molar-refractivity contribution in [3.05, 3.63) is 29.8 Å². The van der Waals surface area contributed by atoms with Crippen LogP contribution in [0.5, 0.6) is 0 Å². The topological polar surface area (TPSA) is 53.2 Å². The molecule has 0 saturated heterocycles. The summed E-state index contributed by atoms with van der Waals surface area (Å²) in [5.41, 5.74) is 2.06. The van der Waals surface area contributed by atoms with E-state index in [2.05, 4.69) is 16.0 Å². The summed E-state index contributed by atoms with van der Waals surface area (Å²) in [6.45, 7) is 6.28. The number of carbonyl (C=O) groups excluding carboxylic acids is 1. The Morgan fingerprint density at radius 1 is 1.44 bits per heavy atom. The molecule has 4 nitrogen and oxygen atoms in total. The lowest BCUT2D eigenvalue weighted by Crippen LogP contribution is -2.46. The molecule has 0 aliphatic carbocycles. The molecule has 0 aliphatic rings. The lowest BCUT2D eigenvalue weighted by atomic mass is 10.2. The van der Waals surface area contributed by atoms with Gasteiger partial charge in [0, 0.05) is 12.2 Å². The molecule has 0 spiro atoms.